The summed E-state index contributed by atoms with van der Waals surface area (Å²) in [6, 6.07) is 6.04. The van der Waals surface area contributed by atoms with E-state index in [2.05, 4.69) is 71.5 Å². The van der Waals surface area contributed by atoms with Crippen molar-refractivity contribution in [2.75, 3.05) is 0 Å². The molecule has 0 bridgehead atoms. The largest absolute Gasteiger partial charge is 0.348 e. The zero-order valence-electron chi connectivity index (χ0n) is 11.0. The molecule has 0 aliphatic heterocycles. The maximum atomic E-state index is 12.3. The van der Waals surface area contributed by atoms with Crippen molar-refractivity contribution in [1.82, 2.24) is 5.32 Å². The van der Waals surface area contributed by atoms with Gasteiger partial charge in [-0.1, -0.05) is 27.7 Å². The second kappa shape index (κ2) is 4.47. The van der Waals surface area contributed by atoms with E-state index in [-0.39, 0.29) is 22.8 Å². The highest BCUT2D eigenvalue weighted by Crippen LogP contribution is 2.62. The maximum absolute atomic E-state index is 12.3. The van der Waals surface area contributed by atoms with Crippen molar-refractivity contribution in [2.24, 2.45) is 10.8 Å². The van der Waals surface area contributed by atoms with E-state index in [1.54, 1.807) is 0 Å². The van der Waals surface area contributed by atoms with Gasteiger partial charge in [-0.15, -0.1) is 0 Å². The van der Waals surface area contributed by atoms with E-state index in [1.807, 2.05) is 18.2 Å². The van der Waals surface area contributed by atoms with E-state index in [4.69, 9.17) is 0 Å². The second-order valence-electron chi connectivity index (χ2n) is 5.97. The Bertz CT molecular complexity index is 497. The van der Waals surface area contributed by atoms with Crippen LogP contribution in [0.4, 0.5) is 0 Å². The van der Waals surface area contributed by atoms with Crippen LogP contribution in [0.2, 0.25) is 0 Å². The fraction of sp³-hybridized carbons (Fsp3) is 0.500. The summed E-state index contributed by atoms with van der Waals surface area (Å²) in [6.45, 7) is 8.78. The van der Waals surface area contributed by atoms with Gasteiger partial charge in [0.05, 0.1) is 5.56 Å². The Morgan fingerprint density at radius 1 is 1.28 bits per heavy atom. The molecule has 1 aromatic carbocycles. The summed E-state index contributed by atoms with van der Waals surface area (Å²) in [5, 5.41) is 3.15. The standard InChI is InChI=1S/C14H17BrINO/c1-13(2)12(14(13,3)4)17-11(18)9-7-8(16)5-6-10(9)15/h5-7,12H,1-4H3,(H,17,18). The Hall–Kier alpha value is -0.100. The minimum absolute atomic E-state index is 0.00374. The quantitative estimate of drug-likeness (QED) is 0.711. The first kappa shape index (κ1) is 14.3. The molecule has 4 heteroatoms. The predicted octanol–water partition coefficient (Wildman–Crippen LogP) is 4.22. The maximum Gasteiger partial charge on any atom is 0.252 e. The molecule has 1 aliphatic rings. The van der Waals surface area contributed by atoms with Gasteiger partial charge in [0.1, 0.15) is 0 Å². The van der Waals surface area contributed by atoms with E-state index in [0.29, 0.717) is 5.56 Å². The molecule has 0 spiro atoms. The Labute approximate surface area is 130 Å². The lowest BCUT2D eigenvalue weighted by molar-refractivity contribution is 0.0943. The summed E-state index contributed by atoms with van der Waals surface area (Å²) in [6.07, 6.45) is 0. The molecular weight excluding hydrogens is 405 g/mol. The monoisotopic (exact) mass is 421 g/mol. The van der Waals surface area contributed by atoms with E-state index in [0.717, 1.165) is 8.04 Å². The van der Waals surface area contributed by atoms with Crippen LogP contribution >= 0.6 is 38.5 Å². The molecule has 1 fully saturated rings. The molecule has 1 aliphatic carbocycles. The van der Waals surface area contributed by atoms with Gasteiger partial charge < -0.3 is 5.32 Å². The molecule has 0 unspecified atom stereocenters. The van der Waals surface area contributed by atoms with Gasteiger partial charge in [0, 0.05) is 14.1 Å². The summed E-state index contributed by atoms with van der Waals surface area (Å²) >= 11 is 5.65. The smallest absolute Gasteiger partial charge is 0.252 e. The van der Waals surface area contributed by atoms with Crippen molar-refractivity contribution in [3.05, 3.63) is 31.8 Å². The van der Waals surface area contributed by atoms with Crippen LogP contribution in [-0.2, 0) is 0 Å². The van der Waals surface area contributed by atoms with Gasteiger partial charge in [0.2, 0.25) is 0 Å². The van der Waals surface area contributed by atoms with Crippen LogP contribution in [0.3, 0.4) is 0 Å². The molecule has 0 radical (unpaired) electrons. The van der Waals surface area contributed by atoms with Crippen molar-refractivity contribution in [2.45, 2.75) is 33.7 Å². The average molecular weight is 422 g/mol. The first-order valence-electron chi connectivity index (χ1n) is 5.94. The van der Waals surface area contributed by atoms with Gasteiger partial charge in [-0.2, -0.15) is 0 Å². The van der Waals surface area contributed by atoms with Gasteiger partial charge in [0.25, 0.3) is 5.91 Å². The molecule has 1 saturated carbocycles. The highest BCUT2D eigenvalue weighted by atomic mass is 127. The average Bonchev–Trinajstić information content (AvgIpc) is 2.64. The fourth-order valence-electron chi connectivity index (χ4n) is 2.44. The number of amides is 1. The van der Waals surface area contributed by atoms with Gasteiger partial charge in [-0.05, 0) is 67.5 Å². The highest BCUT2D eigenvalue weighted by molar-refractivity contribution is 14.1. The number of benzene rings is 1. The van der Waals surface area contributed by atoms with Crippen LogP contribution in [0.25, 0.3) is 0 Å². The molecule has 1 aromatic rings. The third kappa shape index (κ3) is 2.22. The molecule has 2 nitrogen and oxygen atoms in total. The third-order valence-electron chi connectivity index (χ3n) is 4.47. The van der Waals surface area contributed by atoms with Crippen molar-refractivity contribution >= 4 is 44.4 Å². The SMILES string of the molecule is CC1(C)C(NC(=O)c2cc(I)ccc2Br)C1(C)C. The minimum Gasteiger partial charge on any atom is -0.348 e. The number of hydrogen-bond donors (Lipinski definition) is 1. The Morgan fingerprint density at radius 2 is 1.83 bits per heavy atom. The van der Waals surface area contributed by atoms with Crippen molar-refractivity contribution < 1.29 is 4.79 Å². The molecule has 0 atom stereocenters. The molecule has 2 rings (SSSR count). The number of nitrogens with one attached hydrogen (secondary N) is 1. The molecule has 0 saturated heterocycles. The summed E-state index contributed by atoms with van der Waals surface area (Å²) in [4.78, 5) is 12.3. The first-order valence-corrected chi connectivity index (χ1v) is 7.81. The topological polar surface area (TPSA) is 29.1 Å². The van der Waals surface area contributed by atoms with Crippen LogP contribution in [0.15, 0.2) is 22.7 Å². The molecule has 98 valence electrons. The van der Waals surface area contributed by atoms with E-state index in [1.165, 1.54) is 0 Å². The van der Waals surface area contributed by atoms with Gasteiger partial charge in [0.15, 0.2) is 0 Å². The van der Waals surface area contributed by atoms with Crippen LogP contribution in [0.1, 0.15) is 38.1 Å². The molecule has 1 N–H and O–H groups in total. The lowest BCUT2D eigenvalue weighted by Crippen LogP contribution is -2.30. The lowest BCUT2D eigenvalue weighted by atomic mass is 10.0. The van der Waals surface area contributed by atoms with Gasteiger partial charge in [-0.25, -0.2) is 0 Å². The van der Waals surface area contributed by atoms with Crippen molar-refractivity contribution in [3.8, 4) is 0 Å². The van der Waals surface area contributed by atoms with Crippen LogP contribution in [0.5, 0.6) is 0 Å². The van der Waals surface area contributed by atoms with E-state index < -0.39 is 0 Å². The van der Waals surface area contributed by atoms with Crippen molar-refractivity contribution in [1.29, 1.82) is 0 Å². The van der Waals surface area contributed by atoms with Crippen molar-refractivity contribution in [3.63, 3.8) is 0 Å². The van der Waals surface area contributed by atoms with Gasteiger partial charge in [-0.3, -0.25) is 4.79 Å². The number of carbonyl (C=O) groups is 1. The normalized spacial score (nSPS) is 20.6. The Kier molecular flexibility index (Phi) is 3.56. The summed E-state index contributed by atoms with van der Waals surface area (Å²) < 4.78 is 1.91. The summed E-state index contributed by atoms with van der Waals surface area (Å²) in [5.74, 6) is 0.00374. The summed E-state index contributed by atoms with van der Waals surface area (Å²) in [5.41, 5.74) is 1.04. The summed E-state index contributed by atoms with van der Waals surface area (Å²) in [7, 11) is 0. The number of rotatable bonds is 2. The third-order valence-corrected chi connectivity index (χ3v) is 5.83. The fourth-order valence-corrected chi connectivity index (χ4v) is 3.36. The van der Waals surface area contributed by atoms with Gasteiger partial charge >= 0.3 is 0 Å². The zero-order valence-corrected chi connectivity index (χ0v) is 14.7. The molecule has 0 aromatic heterocycles. The van der Waals surface area contributed by atoms with E-state index >= 15 is 0 Å². The van der Waals surface area contributed by atoms with Crippen LogP contribution in [0, 0.1) is 14.4 Å². The second-order valence-corrected chi connectivity index (χ2v) is 8.07. The zero-order chi connectivity index (χ0) is 13.7. The predicted molar refractivity (Wildman–Crippen MR) is 85.7 cm³/mol. The van der Waals surface area contributed by atoms with Crippen LogP contribution in [-0.4, -0.2) is 11.9 Å². The first-order chi connectivity index (χ1) is 8.18. The minimum atomic E-state index is 0.00374. The van der Waals surface area contributed by atoms with E-state index in [9.17, 15) is 4.79 Å². The lowest BCUT2D eigenvalue weighted by Gasteiger charge is -2.09. The molecular formula is C14H17BrINO. The Morgan fingerprint density at radius 3 is 2.33 bits per heavy atom. The Balaban J connectivity index is 2.17. The van der Waals surface area contributed by atoms with Crippen LogP contribution < -0.4 is 5.32 Å². The number of hydrogen-bond acceptors (Lipinski definition) is 1. The highest BCUT2D eigenvalue weighted by Gasteiger charge is 2.65. The number of halogens is 2. The number of carbonyl (C=O) groups excluding carboxylic acids is 1. The molecule has 0 heterocycles. The molecule has 1 amide bonds. The molecule has 18 heavy (non-hydrogen) atoms.